The predicted molar refractivity (Wildman–Crippen MR) is 113 cm³/mol. The Balaban J connectivity index is 1.83. The third kappa shape index (κ3) is 9.06. The summed E-state index contributed by atoms with van der Waals surface area (Å²) < 4.78 is 32.7. The highest BCUT2D eigenvalue weighted by Gasteiger charge is 2.42. The number of β-amino-alcohol motifs (C(OH)–C–C–N with tert-alkyl or cyclic N) is 1. The van der Waals surface area contributed by atoms with Crippen LogP contribution in [-0.2, 0) is 16.0 Å². The number of aliphatic hydroxyl groups excluding tert-OH is 1. The van der Waals surface area contributed by atoms with Crippen LogP contribution >= 0.6 is 0 Å². The van der Waals surface area contributed by atoms with Crippen molar-refractivity contribution in [3.63, 3.8) is 0 Å². The molecule has 2 unspecified atom stereocenters. The largest absolute Gasteiger partial charge is 0.390 e. The third-order valence-corrected chi connectivity index (χ3v) is 5.49. The highest BCUT2D eigenvalue weighted by atomic mass is 19.1. The summed E-state index contributed by atoms with van der Waals surface area (Å²) in [4.78, 5) is 11.6. The van der Waals surface area contributed by atoms with Crippen LogP contribution in [-0.4, -0.2) is 48.5 Å². The topological polar surface area (TPSA) is 70.6 Å². The maximum atomic E-state index is 13.5. The van der Waals surface area contributed by atoms with E-state index < -0.39 is 23.8 Å². The Bertz CT molecular complexity index is 682. The van der Waals surface area contributed by atoms with E-state index in [0.717, 1.165) is 38.4 Å². The van der Waals surface area contributed by atoms with E-state index in [9.17, 15) is 18.7 Å². The van der Waals surface area contributed by atoms with Crippen molar-refractivity contribution in [2.45, 2.75) is 77.5 Å². The maximum absolute atomic E-state index is 13.5. The van der Waals surface area contributed by atoms with Gasteiger partial charge < -0.3 is 20.5 Å². The van der Waals surface area contributed by atoms with Gasteiger partial charge in [-0.25, -0.2) is 8.78 Å². The van der Waals surface area contributed by atoms with Crippen molar-refractivity contribution in [1.82, 2.24) is 10.6 Å². The summed E-state index contributed by atoms with van der Waals surface area (Å²) in [5.41, 5.74) is 0.607. The second-order valence-electron chi connectivity index (χ2n) is 9.69. The molecule has 0 bridgehead atoms. The lowest BCUT2D eigenvalue weighted by Gasteiger charge is -2.27. The molecule has 1 aromatic carbocycles. The summed E-state index contributed by atoms with van der Waals surface area (Å²) in [7, 11) is 0. The van der Waals surface area contributed by atoms with E-state index in [-0.39, 0.29) is 29.8 Å². The lowest BCUT2D eigenvalue weighted by Crippen LogP contribution is -2.50. The molecule has 170 valence electrons. The summed E-state index contributed by atoms with van der Waals surface area (Å²) in [5.74, 6) is -1.66. The molecule has 0 radical (unpaired) electrons. The fourth-order valence-corrected chi connectivity index (χ4v) is 3.40. The molecule has 7 heteroatoms. The molecule has 0 spiro atoms. The van der Waals surface area contributed by atoms with Crippen LogP contribution in [0.1, 0.15) is 58.9 Å². The van der Waals surface area contributed by atoms with Crippen LogP contribution in [0.5, 0.6) is 0 Å². The second-order valence-corrected chi connectivity index (χ2v) is 9.69. The average molecular weight is 427 g/mol. The summed E-state index contributed by atoms with van der Waals surface area (Å²) in [6, 6.07) is 2.59. The number of rotatable bonds is 12. The normalized spacial score (nSPS) is 17.4. The van der Waals surface area contributed by atoms with Crippen molar-refractivity contribution in [1.29, 1.82) is 0 Å². The van der Waals surface area contributed by atoms with Gasteiger partial charge in [-0.3, -0.25) is 4.79 Å². The molecule has 1 aromatic rings. The Kier molecular flexibility index (Phi) is 8.76. The summed E-state index contributed by atoms with van der Waals surface area (Å²) >= 11 is 0. The molecule has 2 rings (SSSR count). The van der Waals surface area contributed by atoms with Gasteiger partial charge in [-0.15, -0.1) is 0 Å². The quantitative estimate of drug-likeness (QED) is 0.449. The zero-order valence-electron chi connectivity index (χ0n) is 18.6. The minimum atomic E-state index is -0.889. The fourth-order valence-electron chi connectivity index (χ4n) is 3.40. The molecule has 1 aliphatic rings. The number of carbonyl (C=O) groups is 1. The van der Waals surface area contributed by atoms with Crippen molar-refractivity contribution in [3.8, 4) is 0 Å². The van der Waals surface area contributed by atoms with E-state index in [0.29, 0.717) is 12.2 Å². The van der Waals surface area contributed by atoms with Gasteiger partial charge in [0.05, 0.1) is 12.1 Å². The van der Waals surface area contributed by atoms with Crippen LogP contribution in [0.15, 0.2) is 18.2 Å². The van der Waals surface area contributed by atoms with Gasteiger partial charge in [-0.2, -0.15) is 0 Å². The number of benzene rings is 1. The van der Waals surface area contributed by atoms with Crippen LogP contribution in [0.2, 0.25) is 0 Å². The lowest BCUT2D eigenvalue weighted by molar-refractivity contribution is -0.120. The van der Waals surface area contributed by atoms with Gasteiger partial charge in [0.15, 0.2) is 0 Å². The summed E-state index contributed by atoms with van der Waals surface area (Å²) in [6.07, 6.45) is 3.15. The third-order valence-electron chi connectivity index (χ3n) is 5.49. The van der Waals surface area contributed by atoms with Crippen molar-refractivity contribution >= 4 is 5.91 Å². The van der Waals surface area contributed by atoms with Gasteiger partial charge in [-0.1, -0.05) is 20.8 Å². The van der Waals surface area contributed by atoms with Crippen molar-refractivity contribution < 1.29 is 23.4 Å². The molecule has 3 N–H and O–H groups in total. The Hall–Kier alpha value is -1.57. The zero-order valence-corrected chi connectivity index (χ0v) is 18.6. The molecule has 2 atom stereocenters. The van der Waals surface area contributed by atoms with Crippen LogP contribution in [0.4, 0.5) is 8.78 Å². The minimum absolute atomic E-state index is 0.0333. The van der Waals surface area contributed by atoms with E-state index in [1.54, 1.807) is 0 Å². The van der Waals surface area contributed by atoms with Gasteiger partial charge >= 0.3 is 0 Å². The molecule has 1 aliphatic carbocycles. The van der Waals surface area contributed by atoms with Gasteiger partial charge in [0, 0.05) is 38.3 Å². The molecule has 0 heterocycles. The number of halogens is 2. The SMILES string of the molecule is CC(=O)NC(Cc1cc(F)cc(F)c1)C(O)CNC1(CCOCCC(C)(C)C)CC1. The van der Waals surface area contributed by atoms with Gasteiger partial charge in [0.25, 0.3) is 0 Å². The molecule has 0 aromatic heterocycles. The van der Waals surface area contributed by atoms with Gasteiger partial charge in [0.1, 0.15) is 11.6 Å². The van der Waals surface area contributed by atoms with Crippen LogP contribution in [0.3, 0.4) is 0 Å². The number of carbonyl (C=O) groups excluding carboxylic acids is 1. The highest BCUT2D eigenvalue weighted by Crippen LogP contribution is 2.38. The molecule has 1 saturated carbocycles. The van der Waals surface area contributed by atoms with Crippen molar-refractivity contribution in [2.24, 2.45) is 5.41 Å². The average Bonchev–Trinajstić information content (AvgIpc) is 3.37. The number of hydrogen-bond acceptors (Lipinski definition) is 4. The number of nitrogens with one attached hydrogen (secondary N) is 2. The first kappa shape index (κ1) is 24.7. The molecule has 30 heavy (non-hydrogen) atoms. The van der Waals surface area contributed by atoms with E-state index in [2.05, 4.69) is 31.4 Å². The van der Waals surface area contributed by atoms with E-state index in [4.69, 9.17) is 4.74 Å². The van der Waals surface area contributed by atoms with Crippen LogP contribution in [0, 0.1) is 17.0 Å². The fraction of sp³-hybridized carbons (Fsp3) is 0.696. The maximum Gasteiger partial charge on any atom is 0.217 e. The predicted octanol–water partition coefficient (Wildman–Crippen LogP) is 3.34. The Labute approximate surface area is 178 Å². The number of aliphatic hydroxyl groups is 1. The number of ether oxygens (including phenoxy) is 1. The molecular formula is C23H36F2N2O3. The van der Waals surface area contributed by atoms with Gasteiger partial charge in [0.2, 0.25) is 5.91 Å². The molecular weight excluding hydrogens is 390 g/mol. The molecule has 0 saturated heterocycles. The molecule has 1 amide bonds. The monoisotopic (exact) mass is 426 g/mol. The lowest BCUT2D eigenvalue weighted by atomic mass is 9.93. The first-order valence-electron chi connectivity index (χ1n) is 10.7. The Morgan fingerprint density at radius 2 is 1.83 bits per heavy atom. The van der Waals surface area contributed by atoms with Crippen molar-refractivity contribution in [2.75, 3.05) is 19.8 Å². The minimum Gasteiger partial charge on any atom is -0.390 e. The molecule has 5 nitrogen and oxygen atoms in total. The smallest absolute Gasteiger partial charge is 0.217 e. The molecule has 1 fully saturated rings. The standard InChI is InChI=1S/C23H36F2N2O3/c1-16(28)27-20(13-17-11-18(24)14-19(25)12-17)21(29)15-26-23(5-6-23)8-10-30-9-7-22(2,3)4/h11-12,14,20-21,26,29H,5-10,13,15H2,1-4H3,(H,27,28). The summed E-state index contributed by atoms with van der Waals surface area (Å²) in [5, 5.41) is 16.8. The van der Waals surface area contributed by atoms with Crippen LogP contribution < -0.4 is 10.6 Å². The second kappa shape index (κ2) is 10.6. The van der Waals surface area contributed by atoms with E-state index >= 15 is 0 Å². The zero-order chi connectivity index (χ0) is 22.4. The highest BCUT2D eigenvalue weighted by molar-refractivity contribution is 5.73. The van der Waals surface area contributed by atoms with E-state index in [1.807, 2.05) is 0 Å². The number of hydrogen-bond donors (Lipinski definition) is 3. The van der Waals surface area contributed by atoms with Crippen LogP contribution in [0.25, 0.3) is 0 Å². The first-order valence-corrected chi connectivity index (χ1v) is 10.7. The van der Waals surface area contributed by atoms with E-state index in [1.165, 1.54) is 19.1 Å². The summed E-state index contributed by atoms with van der Waals surface area (Å²) in [6.45, 7) is 9.59. The van der Waals surface area contributed by atoms with Gasteiger partial charge in [-0.05, 0) is 55.2 Å². The Morgan fingerprint density at radius 1 is 1.20 bits per heavy atom. The first-order chi connectivity index (χ1) is 14.0. The van der Waals surface area contributed by atoms with Crippen molar-refractivity contribution in [3.05, 3.63) is 35.4 Å². The molecule has 0 aliphatic heterocycles. The number of amides is 1. The Morgan fingerprint density at radius 3 is 2.37 bits per heavy atom.